The standard InChI is InChI=1S/C15H15NO6S2.K/c1-10-11-4-2-5-12-14(24(20,21)22)7-6-13(15(11)12)16(10)8-3-9-23(17,18)19;/h2,4-7H,3,8-9H2,1H3,(H-,17,18,19,20,21,22);/q;+1/p-1. The van der Waals surface area contributed by atoms with Crippen molar-refractivity contribution in [2.24, 2.45) is 0 Å². The first-order valence-electron chi connectivity index (χ1n) is 7.16. The van der Waals surface area contributed by atoms with Crippen LogP contribution in [0.1, 0.15) is 18.9 Å². The maximum absolute atomic E-state index is 11.5. The van der Waals surface area contributed by atoms with Crippen LogP contribution in [0.15, 0.2) is 35.2 Å². The van der Waals surface area contributed by atoms with Crippen molar-refractivity contribution in [3.63, 3.8) is 0 Å². The Labute approximate surface area is 188 Å². The summed E-state index contributed by atoms with van der Waals surface area (Å²) in [5, 5.41) is 0.996. The topological polar surface area (TPSA) is 117 Å². The molecular formula is C15H14KNO6S2. The van der Waals surface area contributed by atoms with E-state index in [1.165, 1.54) is 6.07 Å². The van der Waals surface area contributed by atoms with Crippen LogP contribution < -0.4 is 51.4 Å². The van der Waals surface area contributed by atoms with Gasteiger partial charge in [0.05, 0.1) is 26.0 Å². The normalized spacial score (nSPS) is 14.0. The molecule has 0 saturated heterocycles. The molecule has 1 heterocycles. The van der Waals surface area contributed by atoms with Crippen LogP contribution in [-0.2, 0) is 20.2 Å². The molecule has 1 aliphatic rings. The molecule has 2 aromatic carbocycles. The van der Waals surface area contributed by atoms with Gasteiger partial charge in [0.1, 0.15) is 16.7 Å². The van der Waals surface area contributed by atoms with Gasteiger partial charge in [-0.15, -0.1) is 0 Å². The summed E-state index contributed by atoms with van der Waals surface area (Å²) < 4.78 is 68.5. The Balaban J connectivity index is 0.00000225. The van der Waals surface area contributed by atoms with Crippen molar-refractivity contribution in [2.45, 2.75) is 18.2 Å². The average molecular weight is 408 g/mol. The summed E-state index contributed by atoms with van der Waals surface area (Å²) in [6.07, 6.45) is 0.153. The molecule has 25 heavy (non-hydrogen) atoms. The zero-order valence-corrected chi connectivity index (χ0v) is 18.5. The van der Waals surface area contributed by atoms with Crippen molar-refractivity contribution in [1.29, 1.82) is 0 Å². The molecule has 0 spiro atoms. The van der Waals surface area contributed by atoms with Gasteiger partial charge in [-0.25, -0.2) is 16.8 Å². The van der Waals surface area contributed by atoms with Crippen LogP contribution in [-0.4, -0.2) is 48.5 Å². The summed E-state index contributed by atoms with van der Waals surface area (Å²) in [6.45, 7) is 2.13. The Morgan fingerprint density at radius 3 is 2.32 bits per heavy atom. The first-order chi connectivity index (χ1) is 11.1. The van der Waals surface area contributed by atoms with Crippen LogP contribution in [0.4, 0.5) is 5.69 Å². The molecule has 0 aliphatic carbocycles. The molecule has 0 bridgehead atoms. The molecule has 0 unspecified atom stereocenters. The zero-order valence-electron chi connectivity index (χ0n) is 13.7. The molecule has 10 heteroatoms. The molecule has 0 fully saturated rings. The Morgan fingerprint density at radius 2 is 1.72 bits per heavy atom. The molecule has 1 aliphatic heterocycles. The van der Waals surface area contributed by atoms with E-state index in [0.29, 0.717) is 23.0 Å². The number of hydrogen-bond donors (Lipinski definition) is 0. The van der Waals surface area contributed by atoms with Crippen LogP contribution in [0.3, 0.4) is 0 Å². The van der Waals surface area contributed by atoms with E-state index in [1.54, 1.807) is 18.2 Å². The van der Waals surface area contributed by atoms with Crippen LogP contribution in [0.25, 0.3) is 10.8 Å². The van der Waals surface area contributed by atoms with Crippen LogP contribution >= 0.6 is 0 Å². The number of hydrogen-bond acceptors (Lipinski definition) is 6. The van der Waals surface area contributed by atoms with Gasteiger partial charge in [0.25, 0.3) is 0 Å². The van der Waals surface area contributed by atoms with E-state index in [-0.39, 0.29) is 62.7 Å². The quantitative estimate of drug-likeness (QED) is 0.326. The van der Waals surface area contributed by atoms with Crippen molar-refractivity contribution in [3.8, 4) is 0 Å². The summed E-state index contributed by atoms with van der Waals surface area (Å²) in [6, 6.07) is 7.86. The summed E-state index contributed by atoms with van der Waals surface area (Å²) in [4.78, 5) is -0.278. The average Bonchev–Trinajstić information content (AvgIpc) is 2.73. The second kappa shape index (κ2) is 7.45. The van der Waals surface area contributed by atoms with Gasteiger partial charge >= 0.3 is 51.4 Å². The fraction of sp³-hybridized carbons (Fsp3) is 0.267. The van der Waals surface area contributed by atoms with Gasteiger partial charge in [-0.2, -0.15) is 4.58 Å². The van der Waals surface area contributed by atoms with Crippen LogP contribution in [0.5, 0.6) is 0 Å². The SMILES string of the molecule is CC1=[N+](CCCS(=O)(=O)[O-])c2ccc(S(=O)(=O)[O-])c3cccc1c23.[K+]. The van der Waals surface area contributed by atoms with Crippen molar-refractivity contribution < 1.29 is 81.9 Å². The number of rotatable bonds is 5. The fourth-order valence-electron chi connectivity index (χ4n) is 3.12. The molecule has 0 N–H and O–H groups in total. The Bertz CT molecular complexity index is 1090. The van der Waals surface area contributed by atoms with E-state index >= 15 is 0 Å². The number of nitrogens with zero attached hydrogens (tertiary/aromatic N) is 1. The smallest absolute Gasteiger partial charge is 0.748 e. The van der Waals surface area contributed by atoms with E-state index in [9.17, 15) is 25.9 Å². The van der Waals surface area contributed by atoms with Crippen molar-refractivity contribution in [3.05, 3.63) is 35.9 Å². The van der Waals surface area contributed by atoms with Gasteiger partial charge in [-0.1, -0.05) is 12.1 Å². The van der Waals surface area contributed by atoms with E-state index in [0.717, 1.165) is 11.3 Å². The largest absolute Gasteiger partial charge is 1.00 e. The Hall–Kier alpha value is -0.174. The third kappa shape index (κ3) is 4.23. The minimum Gasteiger partial charge on any atom is -0.748 e. The van der Waals surface area contributed by atoms with Gasteiger partial charge in [0.2, 0.25) is 5.69 Å². The van der Waals surface area contributed by atoms with E-state index in [2.05, 4.69) is 0 Å². The predicted octanol–water partition coefficient (Wildman–Crippen LogP) is -1.85. The minimum atomic E-state index is -4.60. The van der Waals surface area contributed by atoms with Crippen molar-refractivity contribution >= 4 is 42.4 Å². The predicted molar refractivity (Wildman–Crippen MR) is 85.7 cm³/mol. The maximum atomic E-state index is 11.5. The third-order valence-corrected chi connectivity index (χ3v) is 5.79. The third-order valence-electron chi connectivity index (χ3n) is 4.11. The van der Waals surface area contributed by atoms with Gasteiger partial charge in [0, 0.05) is 30.6 Å². The zero-order chi connectivity index (χ0) is 17.7. The monoisotopic (exact) mass is 407 g/mol. The number of benzene rings is 2. The Morgan fingerprint density at radius 1 is 1.04 bits per heavy atom. The van der Waals surface area contributed by atoms with Crippen LogP contribution in [0.2, 0.25) is 0 Å². The van der Waals surface area contributed by atoms with Gasteiger partial charge in [0.15, 0.2) is 5.71 Å². The van der Waals surface area contributed by atoms with Crippen LogP contribution in [0, 0.1) is 0 Å². The fourth-order valence-corrected chi connectivity index (χ4v) is 4.28. The molecule has 2 aromatic rings. The molecule has 0 atom stereocenters. The molecule has 0 amide bonds. The molecule has 0 radical (unpaired) electrons. The Kier molecular flexibility index (Phi) is 6.30. The van der Waals surface area contributed by atoms with Gasteiger partial charge in [-0.3, -0.25) is 0 Å². The maximum Gasteiger partial charge on any atom is 1.00 e. The first kappa shape index (κ1) is 21.1. The van der Waals surface area contributed by atoms with E-state index in [1.807, 2.05) is 17.6 Å². The summed E-state index contributed by atoms with van der Waals surface area (Å²) in [7, 11) is -8.89. The van der Waals surface area contributed by atoms with Crippen molar-refractivity contribution in [2.75, 3.05) is 12.3 Å². The summed E-state index contributed by atoms with van der Waals surface area (Å²) in [5.41, 5.74) is 2.31. The molecule has 3 rings (SSSR count). The summed E-state index contributed by atoms with van der Waals surface area (Å²) in [5.74, 6) is -0.469. The van der Waals surface area contributed by atoms with E-state index in [4.69, 9.17) is 0 Å². The minimum absolute atomic E-state index is 0. The van der Waals surface area contributed by atoms with Crippen molar-refractivity contribution in [1.82, 2.24) is 0 Å². The molecular weight excluding hydrogens is 393 g/mol. The van der Waals surface area contributed by atoms with Gasteiger partial charge in [-0.05, 0) is 12.1 Å². The molecule has 0 aromatic heterocycles. The molecule has 0 saturated carbocycles. The second-order valence-corrected chi connectivity index (χ2v) is 8.49. The molecule has 128 valence electrons. The first-order valence-corrected chi connectivity index (χ1v) is 10.1. The second-order valence-electron chi connectivity index (χ2n) is 5.62. The van der Waals surface area contributed by atoms with E-state index < -0.39 is 26.0 Å². The van der Waals surface area contributed by atoms with Gasteiger partial charge < -0.3 is 9.11 Å². The summed E-state index contributed by atoms with van der Waals surface area (Å²) >= 11 is 0. The molecule has 7 nitrogen and oxygen atoms in total.